The summed E-state index contributed by atoms with van der Waals surface area (Å²) in [7, 11) is 4.26. The van der Waals surface area contributed by atoms with Crippen molar-refractivity contribution in [1.82, 2.24) is 19.4 Å². The first-order valence-corrected chi connectivity index (χ1v) is 13.3. The van der Waals surface area contributed by atoms with Crippen molar-refractivity contribution in [3.8, 4) is 39.5 Å². The lowest BCUT2D eigenvalue weighted by Gasteiger charge is -2.16. The largest absolute Gasteiger partial charge is 0.481 e. The number of nitrogens with zero attached hydrogens (tertiary/aromatic N) is 3. The molecule has 4 aromatic rings. The summed E-state index contributed by atoms with van der Waals surface area (Å²) in [6.45, 7) is 2.54. The first-order chi connectivity index (χ1) is 19.5. The van der Waals surface area contributed by atoms with Crippen LogP contribution in [0, 0.1) is 0 Å². The molecule has 1 unspecified atom stereocenters. The van der Waals surface area contributed by atoms with Crippen molar-refractivity contribution in [2.24, 2.45) is 19.8 Å². The summed E-state index contributed by atoms with van der Waals surface area (Å²) in [6, 6.07) is 14.0. The minimum Gasteiger partial charge on any atom is -0.481 e. The van der Waals surface area contributed by atoms with Gasteiger partial charge in [-0.05, 0) is 36.2 Å². The molecule has 0 aliphatic heterocycles. The average Bonchev–Trinajstić information content (AvgIpc) is 2.94. The number of pyridine rings is 1. The van der Waals surface area contributed by atoms with Gasteiger partial charge in [-0.3, -0.25) is 18.7 Å². The number of nitrogens with two attached hydrogens (primary N) is 1. The van der Waals surface area contributed by atoms with Gasteiger partial charge in [0.15, 0.2) is 0 Å². The first kappa shape index (κ1) is 30.0. The van der Waals surface area contributed by atoms with Gasteiger partial charge in [0.1, 0.15) is 5.56 Å². The fourth-order valence-corrected chi connectivity index (χ4v) is 5.26. The van der Waals surface area contributed by atoms with E-state index >= 15 is 0 Å². The predicted molar refractivity (Wildman–Crippen MR) is 160 cm³/mol. The molecule has 0 aliphatic carbocycles. The van der Waals surface area contributed by atoms with Crippen LogP contribution in [0.25, 0.3) is 33.6 Å². The van der Waals surface area contributed by atoms with Crippen LogP contribution in [0.5, 0.6) is 5.88 Å². The Morgan fingerprint density at radius 1 is 1.10 bits per heavy atom. The van der Waals surface area contributed by atoms with Crippen LogP contribution in [0.2, 0.25) is 10.0 Å². The second kappa shape index (κ2) is 12.3. The molecule has 0 saturated heterocycles. The number of ether oxygens (including phenoxy) is 1. The fourth-order valence-electron chi connectivity index (χ4n) is 4.58. The maximum absolute atomic E-state index is 12.8. The molecule has 214 valence electrons. The molecule has 0 bridgehead atoms. The predicted octanol–water partition coefficient (Wildman–Crippen LogP) is 3.36. The number of hydrogen-bond acceptors (Lipinski definition) is 7. The maximum atomic E-state index is 12.8. The number of amides is 1. The van der Waals surface area contributed by atoms with Crippen molar-refractivity contribution in [2.45, 2.75) is 19.6 Å². The van der Waals surface area contributed by atoms with Gasteiger partial charge in [0.2, 0.25) is 5.88 Å². The molecular formula is C29H29Cl2N5O5. The smallest absolute Gasteiger partial charge is 0.330 e. The third-order valence-electron chi connectivity index (χ3n) is 6.59. The van der Waals surface area contributed by atoms with Gasteiger partial charge in [-0.2, -0.15) is 0 Å². The van der Waals surface area contributed by atoms with Crippen LogP contribution < -0.4 is 27.0 Å². The summed E-state index contributed by atoms with van der Waals surface area (Å²) in [5, 5.41) is 13.3. The molecule has 1 amide bonds. The summed E-state index contributed by atoms with van der Waals surface area (Å²) in [5.41, 5.74) is 7.40. The lowest BCUT2D eigenvalue weighted by Crippen LogP contribution is -2.42. The topological polar surface area (TPSA) is 141 Å². The number of aromatic nitrogens is 3. The lowest BCUT2D eigenvalue weighted by atomic mass is 9.97. The van der Waals surface area contributed by atoms with Crippen molar-refractivity contribution < 1.29 is 14.6 Å². The number of rotatable bonds is 9. The van der Waals surface area contributed by atoms with Gasteiger partial charge in [0.05, 0.1) is 34.6 Å². The van der Waals surface area contributed by atoms with Gasteiger partial charge < -0.3 is 20.9 Å². The van der Waals surface area contributed by atoms with Crippen LogP contribution in [0.3, 0.4) is 0 Å². The Morgan fingerprint density at radius 2 is 1.80 bits per heavy atom. The van der Waals surface area contributed by atoms with Gasteiger partial charge in [0, 0.05) is 43.9 Å². The minimum atomic E-state index is -0.946. The van der Waals surface area contributed by atoms with E-state index in [4.69, 9.17) is 33.7 Å². The number of halogens is 2. The molecule has 4 N–H and O–H groups in total. The number of aliphatic hydroxyl groups excluding tert-OH is 1. The summed E-state index contributed by atoms with van der Waals surface area (Å²) < 4.78 is 7.55. The van der Waals surface area contributed by atoms with E-state index in [0.29, 0.717) is 57.0 Å². The number of benzene rings is 2. The average molecular weight is 598 g/mol. The van der Waals surface area contributed by atoms with Crippen LogP contribution >= 0.6 is 23.2 Å². The molecule has 1 atom stereocenters. The number of nitrogens with one attached hydrogen (secondary N) is 1. The summed E-state index contributed by atoms with van der Waals surface area (Å²) >= 11 is 13.5. The Kier molecular flexibility index (Phi) is 8.98. The fraction of sp³-hybridized carbons (Fsp3) is 0.241. The third kappa shape index (κ3) is 5.91. The van der Waals surface area contributed by atoms with Gasteiger partial charge >= 0.3 is 5.69 Å². The van der Waals surface area contributed by atoms with Crippen molar-refractivity contribution in [1.29, 1.82) is 0 Å². The Hall–Kier alpha value is -3.96. The van der Waals surface area contributed by atoms with Crippen molar-refractivity contribution in [3.63, 3.8) is 0 Å². The maximum Gasteiger partial charge on any atom is 0.330 e. The number of aliphatic hydroxyl groups is 1. The first-order valence-electron chi connectivity index (χ1n) is 12.6. The van der Waals surface area contributed by atoms with E-state index in [1.165, 1.54) is 25.8 Å². The van der Waals surface area contributed by atoms with E-state index in [2.05, 4.69) is 10.3 Å². The van der Waals surface area contributed by atoms with Gasteiger partial charge in [-0.25, -0.2) is 9.78 Å². The number of primary amides is 1. The molecule has 2 aromatic carbocycles. The zero-order chi connectivity index (χ0) is 30.0. The zero-order valence-corrected chi connectivity index (χ0v) is 24.4. The Bertz CT molecular complexity index is 1760. The normalized spacial score (nSPS) is 11.9. The monoisotopic (exact) mass is 597 g/mol. The third-order valence-corrected chi connectivity index (χ3v) is 7.30. The molecule has 2 aromatic heterocycles. The van der Waals surface area contributed by atoms with Gasteiger partial charge in [-0.1, -0.05) is 53.5 Å². The van der Waals surface area contributed by atoms with E-state index in [1.54, 1.807) is 49.4 Å². The minimum absolute atomic E-state index is 0.101. The molecule has 10 nitrogen and oxygen atoms in total. The van der Waals surface area contributed by atoms with E-state index in [9.17, 15) is 19.5 Å². The van der Waals surface area contributed by atoms with Crippen molar-refractivity contribution in [3.05, 3.63) is 90.5 Å². The standard InChI is InChI=1S/C29H29Cl2N5O5/c1-15(37)13-33-14-18-8-11-21(34-27(18)41-4)22-20(30)10-9-19(24(22)31)16-6-5-7-17(12-16)25-23(26(32)38)28(39)36(3)29(40)35(25)2/h5-12,15,33,37H,13-14H2,1-4H3,(H2,32,38). The highest BCUT2D eigenvalue weighted by atomic mass is 35.5. The molecule has 41 heavy (non-hydrogen) atoms. The Balaban J connectivity index is 1.83. The molecule has 0 saturated carbocycles. The second-order valence-corrected chi connectivity index (χ2v) is 10.3. The molecule has 0 spiro atoms. The number of methoxy groups -OCH3 is 1. The van der Waals surface area contributed by atoms with Gasteiger partial charge in [0.25, 0.3) is 11.5 Å². The van der Waals surface area contributed by atoms with Crippen molar-refractivity contribution in [2.75, 3.05) is 13.7 Å². The van der Waals surface area contributed by atoms with E-state index in [1.807, 2.05) is 6.07 Å². The van der Waals surface area contributed by atoms with Crippen LogP contribution in [-0.2, 0) is 20.6 Å². The van der Waals surface area contributed by atoms with Crippen molar-refractivity contribution >= 4 is 29.1 Å². The number of carbonyl (C=O) groups is 1. The van der Waals surface area contributed by atoms with Crippen LogP contribution in [-0.4, -0.2) is 44.9 Å². The van der Waals surface area contributed by atoms with E-state index in [0.717, 1.165) is 10.1 Å². The quantitative estimate of drug-likeness (QED) is 0.268. The van der Waals surface area contributed by atoms with E-state index < -0.39 is 23.3 Å². The Labute approximate surface area is 245 Å². The highest BCUT2D eigenvalue weighted by Gasteiger charge is 2.22. The Morgan fingerprint density at radius 3 is 2.46 bits per heavy atom. The molecular weight excluding hydrogens is 569 g/mol. The molecule has 0 radical (unpaired) electrons. The van der Waals surface area contributed by atoms with Crippen LogP contribution in [0.4, 0.5) is 0 Å². The van der Waals surface area contributed by atoms with Gasteiger partial charge in [-0.15, -0.1) is 0 Å². The molecule has 4 rings (SSSR count). The number of carbonyl (C=O) groups excluding carboxylic acids is 1. The molecule has 12 heteroatoms. The molecule has 0 aliphatic rings. The van der Waals surface area contributed by atoms with E-state index in [-0.39, 0.29) is 11.3 Å². The highest BCUT2D eigenvalue weighted by molar-refractivity contribution is 6.41. The summed E-state index contributed by atoms with van der Waals surface area (Å²) in [5.74, 6) is -0.566. The highest BCUT2D eigenvalue weighted by Crippen LogP contribution is 2.42. The van der Waals surface area contributed by atoms with Crippen LogP contribution in [0.1, 0.15) is 22.8 Å². The molecule has 2 heterocycles. The SMILES string of the molecule is COc1nc(-c2c(Cl)ccc(-c3cccc(-c4c(C(N)=O)c(=O)n(C)c(=O)n4C)c3)c2Cl)ccc1CNCC(C)O. The zero-order valence-electron chi connectivity index (χ0n) is 22.9. The van der Waals surface area contributed by atoms with Crippen LogP contribution in [0.15, 0.2) is 58.1 Å². The molecule has 0 fully saturated rings. The lowest BCUT2D eigenvalue weighted by molar-refractivity contribution is 0.0998. The second-order valence-electron chi connectivity index (χ2n) is 9.50. The summed E-state index contributed by atoms with van der Waals surface area (Å²) in [4.78, 5) is 42.3. The number of hydrogen-bond donors (Lipinski definition) is 3. The summed E-state index contributed by atoms with van der Waals surface area (Å²) in [6.07, 6.45) is -0.494.